The van der Waals surface area contributed by atoms with Crippen LogP contribution in [0.25, 0.3) is 17.0 Å². The van der Waals surface area contributed by atoms with Crippen molar-refractivity contribution in [2.45, 2.75) is 0 Å². The van der Waals surface area contributed by atoms with Crippen molar-refractivity contribution in [3.05, 3.63) is 70.3 Å². The monoisotopic (exact) mass is 364 g/mol. The minimum Gasteiger partial charge on any atom is -0.455 e. The number of amides is 2. The average molecular weight is 364 g/mol. The standard InChI is InChI=1S/C19H9FN2O3S/c20-14-5-2-11(3-6-14)1-4-12-9-21-10-13-7-15(25-17(12)13)8-16-18(23)22-19(24)26-16/h2-3,5-10H,(H,22,23,24)/b16-8-. The third-order valence-electron chi connectivity index (χ3n) is 3.54. The highest BCUT2D eigenvalue weighted by atomic mass is 32.2. The molecular formula is C19H9FN2O3S. The van der Waals surface area contributed by atoms with Crippen LogP contribution in [0.2, 0.25) is 0 Å². The number of aromatic nitrogens is 1. The number of nitrogens with zero attached hydrogens (tertiary/aromatic N) is 1. The van der Waals surface area contributed by atoms with Gasteiger partial charge in [-0.25, -0.2) is 4.39 Å². The maximum absolute atomic E-state index is 12.9. The van der Waals surface area contributed by atoms with Gasteiger partial charge in [0.1, 0.15) is 11.6 Å². The Hall–Kier alpha value is -3.37. The summed E-state index contributed by atoms with van der Waals surface area (Å²) in [4.78, 5) is 27.3. The van der Waals surface area contributed by atoms with E-state index >= 15 is 0 Å². The van der Waals surface area contributed by atoms with E-state index in [4.69, 9.17) is 4.42 Å². The lowest BCUT2D eigenvalue weighted by molar-refractivity contribution is -0.115. The van der Waals surface area contributed by atoms with E-state index in [2.05, 4.69) is 22.1 Å². The molecule has 1 fully saturated rings. The highest BCUT2D eigenvalue weighted by Crippen LogP contribution is 2.28. The molecule has 4 rings (SSSR count). The lowest BCUT2D eigenvalue weighted by atomic mass is 10.2. The van der Waals surface area contributed by atoms with Crippen LogP contribution in [-0.2, 0) is 4.79 Å². The number of hydrogen-bond acceptors (Lipinski definition) is 5. The normalized spacial score (nSPS) is 15.2. The van der Waals surface area contributed by atoms with E-state index in [1.165, 1.54) is 18.2 Å². The predicted molar refractivity (Wildman–Crippen MR) is 95.5 cm³/mol. The van der Waals surface area contributed by atoms with E-state index in [9.17, 15) is 14.0 Å². The van der Waals surface area contributed by atoms with Gasteiger partial charge >= 0.3 is 0 Å². The lowest BCUT2D eigenvalue weighted by Crippen LogP contribution is -2.17. The maximum atomic E-state index is 12.9. The van der Waals surface area contributed by atoms with Crippen molar-refractivity contribution in [1.82, 2.24) is 10.3 Å². The molecule has 2 aromatic heterocycles. The Bertz CT molecular complexity index is 1140. The van der Waals surface area contributed by atoms with Crippen molar-refractivity contribution in [1.29, 1.82) is 0 Å². The Labute approximate surface area is 151 Å². The Kier molecular flexibility index (Phi) is 4.03. The summed E-state index contributed by atoms with van der Waals surface area (Å²) in [5.74, 6) is 5.54. The SMILES string of the molecule is O=C1NC(=O)/C(=C/c2cc3cncc(C#Cc4ccc(F)cc4)c3o2)S1. The van der Waals surface area contributed by atoms with Gasteiger partial charge < -0.3 is 4.42 Å². The zero-order chi connectivity index (χ0) is 18.1. The summed E-state index contributed by atoms with van der Waals surface area (Å²) in [5.41, 5.74) is 1.75. The van der Waals surface area contributed by atoms with Crippen LogP contribution in [0.4, 0.5) is 9.18 Å². The Balaban J connectivity index is 1.70. The first-order chi connectivity index (χ1) is 12.6. The number of carbonyl (C=O) groups excluding carboxylic acids is 2. The number of furan rings is 1. The summed E-state index contributed by atoms with van der Waals surface area (Å²) in [6.07, 6.45) is 4.69. The lowest BCUT2D eigenvalue weighted by Gasteiger charge is -1.93. The predicted octanol–water partition coefficient (Wildman–Crippen LogP) is 3.69. The summed E-state index contributed by atoms with van der Waals surface area (Å²) in [5, 5.41) is 2.50. The number of thioether (sulfide) groups is 1. The van der Waals surface area contributed by atoms with Gasteiger partial charge in [0.15, 0.2) is 5.58 Å². The van der Waals surface area contributed by atoms with E-state index in [1.807, 2.05) is 0 Å². The molecule has 1 aromatic carbocycles. The molecule has 0 radical (unpaired) electrons. The molecule has 3 heterocycles. The number of nitrogens with one attached hydrogen (secondary N) is 1. The molecule has 0 aliphatic carbocycles. The molecule has 0 saturated carbocycles. The molecule has 26 heavy (non-hydrogen) atoms. The highest BCUT2D eigenvalue weighted by molar-refractivity contribution is 8.18. The highest BCUT2D eigenvalue weighted by Gasteiger charge is 2.25. The molecule has 0 atom stereocenters. The number of fused-ring (bicyclic) bond motifs is 1. The molecule has 1 N–H and O–H groups in total. The van der Waals surface area contributed by atoms with Crippen molar-refractivity contribution < 1.29 is 18.4 Å². The number of hydrogen-bond donors (Lipinski definition) is 1. The molecule has 3 aromatic rings. The van der Waals surface area contributed by atoms with Crippen LogP contribution in [0, 0.1) is 17.7 Å². The number of carbonyl (C=O) groups is 2. The summed E-state index contributed by atoms with van der Waals surface area (Å²) in [6.45, 7) is 0. The number of rotatable bonds is 1. The Morgan fingerprint density at radius 3 is 2.69 bits per heavy atom. The minimum absolute atomic E-state index is 0.265. The molecule has 7 heteroatoms. The van der Waals surface area contributed by atoms with Crippen LogP contribution < -0.4 is 5.32 Å². The molecule has 0 unspecified atom stereocenters. The van der Waals surface area contributed by atoms with E-state index in [0.717, 1.165) is 17.1 Å². The van der Waals surface area contributed by atoms with Crippen LogP contribution in [0.3, 0.4) is 0 Å². The molecule has 2 amide bonds. The first-order valence-electron chi connectivity index (χ1n) is 7.48. The first-order valence-corrected chi connectivity index (χ1v) is 8.30. The van der Waals surface area contributed by atoms with Crippen LogP contribution in [0.1, 0.15) is 16.9 Å². The van der Waals surface area contributed by atoms with Crippen LogP contribution in [0.5, 0.6) is 0 Å². The zero-order valence-electron chi connectivity index (χ0n) is 13.1. The largest absolute Gasteiger partial charge is 0.455 e. The van der Waals surface area contributed by atoms with Crippen molar-refractivity contribution in [3.63, 3.8) is 0 Å². The van der Waals surface area contributed by atoms with Gasteiger partial charge in [0.05, 0.1) is 10.5 Å². The summed E-state index contributed by atoms with van der Waals surface area (Å²) in [7, 11) is 0. The van der Waals surface area contributed by atoms with Crippen molar-refractivity contribution in [3.8, 4) is 11.8 Å². The molecule has 5 nitrogen and oxygen atoms in total. The minimum atomic E-state index is -0.449. The van der Waals surface area contributed by atoms with Gasteiger partial charge in [-0.05, 0) is 42.1 Å². The van der Waals surface area contributed by atoms with Gasteiger partial charge in [-0.2, -0.15) is 0 Å². The molecule has 0 spiro atoms. The summed E-state index contributed by atoms with van der Waals surface area (Å²) < 4.78 is 18.7. The van der Waals surface area contributed by atoms with Gasteiger partial charge in [-0.1, -0.05) is 11.8 Å². The fraction of sp³-hybridized carbons (Fsp3) is 0. The maximum Gasteiger partial charge on any atom is 0.290 e. The Morgan fingerprint density at radius 2 is 1.96 bits per heavy atom. The molecular weight excluding hydrogens is 355 g/mol. The second-order valence-corrected chi connectivity index (χ2v) is 6.38. The van der Waals surface area contributed by atoms with E-state index in [0.29, 0.717) is 22.5 Å². The zero-order valence-corrected chi connectivity index (χ0v) is 13.9. The van der Waals surface area contributed by atoms with E-state index in [1.54, 1.807) is 30.6 Å². The van der Waals surface area contributed by atoms with Crippen molar-refractivity contribution in [2.24, 2.45) is 0 Å². The number of halogens is 1. The van der Waals surface area contributed by atoms with Gasteiger partial charge in [-0.3, -0.25) is 19.9 Å². The first kappa shape index (κ1) is 16.1. The third kappa shape index (κ3) is 3.23. The summed E-state index contributed by atoms with van der Waals surface area (Å²) in [6, 6.07) is 7.56. The van der Waals surface area contributed by atoms with Gasteiger partial charge in [0.25, 0.3) is 11.1 Å². The second-order valence-electron chi connectivity index (χ2n) is 5.36. The number of benzene rings is 1. The van der Waals surface area contributed by atoms with Crippen LogP contribution >= 0.6 is 11.8 Å². The molecule has 1 saturated heterocycles. The third-order valence-corrected chi connectivity index (χ3v) is 4.35. The van der Waals surface area contributed by atoms with E-state index < -0.39 is 11.1 Å². The van der Waals surface area contributed by atoms with Gasteiger partial charge in [-0.15, -0.1) is 0 Å². The van der Waals surface area contributed by atoms with Crippen molar-refractivity contribution >= 4 is 40.0 Å². The topological polar surface area (TPSA) is 72.2 Å². The van der Waals surface area contributed by atoms with E-state index in [-0.39, 0.29) is 10.7 Å². The van der Waals surface area contributed by atoms with Crippen molar-refractivity contribution in [2.75, 3.05) is 0 Å². The molecule has 126 valence electrons. The number of pyridine rings is 1. The second kappa shape index (κ2) is 6.50. The smallest absolute Gasteiger partial charge is 0.290 e. The van der Waals surface area contributed by atoms with Gasteiger partial charge in [0.2, 0.25) is 0 Å². The fourth-order valence-corrected chi connectivity index (χ4v) is 3.03. The van der Waals surface area contributed by atoms with Crippen LogP contribution in [0.15, 0.2) is 52.0 Å². The number of imide groups is 1. The summed E-state index contributed by atoms with van der Waals surface area (Å²) >= 11 is 0.819. The molecule has 0 bridgehead atoms. The average Bonchev–Trinajstić information content (AvgIpc) is 3.17. The van der Waals surface area contributed by atoms with Gasteiger partial charge in [0, 0.05) is 29.4 Å². The molecule has 1 aliphatic rings. The van der Waals surface area contributed by atoms with Crippen LogP contribution in [-0.4, -0.2) is 16.1 Å². The Morgan fingerprint density at radius 1 is 1.15 bits per heavy atom. The quantitative estimate of drug-likeness (QED) is 0.527. The fourth-order valence-electron chi connectivity index (χ4n) is 2.37. The molecule has 1 aliphatic heterocycles.